The van der Waals surface area contributed by atoms with Crippen molar-refractivity contribution < 1.29 is 43.6 Å². The lowest BCUT2D eigenvalue weighted by Gasteiger charge is -2.43. The molecule has 1 aromatic heterocycles. The fourth-order valence-corrected chi connectivity index (χ4v) is 7.23. The van der Waals surface area contributed by atoms with E-state index in [9.17, 15) is 39.3 Å². The summed E-state index contributed by atoms with van der Waals surface area (Å²) in [4.78, 5) is 65.8. The SMILES string of the molecule is C[C@@H](O)C1C(=O)N2C(C(=O)O)=C(COC(=O)N3CCN(c4cc5c(cc4F)c(=O)c(C(=O)O)cn5C4CC4)CC3)S[C@H]12. The number of aliphatic carboxylic acids is 1. The van der Waals surface area contributed by atoms with Gasteiger partial charge in [-0.05, 0) is 31.9 Å². The lowest BCUT2D eigenvalue weighted by atomic mass is 9.92. The summed E-state index contributed by atoms with van der Waals surface area (Å²) >= 11 is 1.08. The number of pyridine rings is 1. The number of aliphatic hydroxyl groups is 1. The van der Waals surface area contributed by atoms with Crippen molar-refractivity contribution in [2.75, 3.05) is 37.7 Å². The lowest BCUT2D eigenvalue weighted by molar-refractivity contribution is -0.156. The number of carboxylic acid groups (broad SMARTS) is 2. The molecule has 13 nitrogen and oxygen atoms in total. The third-order valence-corrected chi connectivity index (χ3v) is 9.39. The van der Waals surface area contributed by atoms with Gasteiger partial charge in [-0.2, -0.15) is 0 Å². The Bertz CT molecular complexity index is 1630. The van der Waals surface area contributed by atoms with E-state index in [4.69, 9.17) is 4.74 Å². The second-order valence-corrected chi connectivity index (χ2v) is 11.9. The van der Waals surface area contributed by atoms with Crippen molar-refractivity contribution in [3.05, 3.63) is 50.5 Å². The molecule has 3 aliphatic heterocycles. The fraction of sp³-hybridized carbons (Fsp3) is 0.444. The standard InChI is InChI=1S/C27H27FN4O9S/c1-12(33)20-23(35)32-21(26(38)39)19(42-24(20)32)11-41-27(40)30-6-4-29(5-7-30)18-9-17-14(8-16(18)28)22(34)15(25(36)37)10-31(17)13-2-3-13/h8-10,12-13,20,24,33H,2-7,11H2,1H3,(H,36,37)(H,38,39)/t12-,20?,24-/m1/s1. The van der Waals surface area contributed by atoms with Crippen LogP contribution in [0.4, 0.5) is 14.9 Å². The number of ether oxygens (including phenoxy) is 1. The summed E-state index contributed by atoms with van der Waals surface area (Å²) in [5.74, 6) is -4.60. The third-order valence-electron chi connectivity index (χ3n) is 8.05. The molecule has 1 aromatic carbocycles. The third kappa shape index (κ3) is 4.56. The lowest BCUT2D eigenvalue weighted by Crippen LogP contribution is -2.60. The molecule has 1 unspecified atom stereocenters. The van der Waals surface area contributed by atoms with Crippen molar-refractivity contribution in [1.82, 2.24) is 14.4 Å². The van der Waals surface area contributed by atoms with E-state index in [1.807, 2.05) is 0 Å². The van der Waals surface area contributed by atoms with Crippen LogP contribution in [0.2, 0.25) is 0 Å². The molecule has 1 aliphatic carbocycles. The normalized spacial score (nSPS) is 22.7. The predicted octanol–water partition coefficient (Wildman–Crippen LogP) is 1.64. The molecule has 222 valence electrons. The van der Waals surface area contributed by atoms with Crippen molar-refractivity contribution in [3.8, 4) is 0 Å². The van der Waals surface area contributed by atoms with E-state index in [1.165, 1.54) is 18.0 Å². The first-order chi connectivity index (χ1) is 20.0. The maximum absolute atomic E-state index is 15.2. The Labute approximate surface area is 241 Å². The molecule has 3 N–H and O–H groups in total. The van der Waals surface area contributed by atoms with Crippen molar-refractivity contribution in [2.24, 2.45) is 5.92 Å². The quantitative estimate of drug-likeness (QED) is 0.394. The molecule has 0 spiro atoms. The van der Waals surface area contributed by atoms with Crippen molar-refractivity contribution in [1.29, 1.82) is 0 Å². The maximum atomic E-state index is 15.2. The van der Waals surface area contributed by atoms with Crippen molar-refractivity contribution in [2.45, 2.75) is 37.3 Å². The number of β-lactam (4-membered cyclic amide) rings is 1. The van der Waals surface area contributed by atoms with Gasteiger partial charge in [0.05, 0.1) is 28.1 Å². The molecule has 1 saturated carbocycles. The molecular weight excluding hydrogens is 575 g/mol. The summed E-state index contributed by atoms with van der Waals surface area (Å²) in [5.41, 5.74) is -0.729. The molecule has 15 heteroatoms. The number of aromatic nitrogens is 1. The number of thioether (sulfide) groups is 1. The zero-order chi connectivity index (χ0) is 30.0. The second kappa shape index (κ2) is 10.3. The number of halogens is 1. The van der Waals surface area contributed by atoms with Gasteiger partial charge < -0.3 is 34.4 Å². The van der Waals surface area contributed by atoms with Crippen LogP contribution in [0.5, 0.6) is 0 Å². The highest BCUT2D eigenvalue weighted by Gasteiger charge is 2.57. The number of carbonyl (C=O) groups excluding carboxylic acids is 2. The first-order valence-electron chi connectivity index (χ1n) is 13.4. The number of piperazine rings is 1. The van der Waals surface area contributed by atoms with E-state index in [-0.39, 0.29) is 60.5 Å². The number of carboxylic acids is 2. The van der Waals surface area contributed by atoms with Crippen LogP contribution in [0.15, 0.2) is 33.7 Å². The summed E-state index contributed by atoms with van der Waals surface area (Å²) in [6.07, 6.45) is 1.32. The number of rotatable bonds is 7. The summed E-state index contributed by atoms with van der Waals surface area (Å²) in [6.45, 7) is 1.96. The molecule has 3 atom stereocenters. The number of benzene rings is 1. The Hall–Kier alpha value is -4.11. The average molecular weight is 603 g/mol. The Morgan fingerprint density at radius 2 is 1.79 bits per heavy atom. The van der Waals surface area contributed by atoms with Gasteiger partial charge in [0.25, 0.3) is 0 Å². The Balaban J connectivity index is 1.13. The Kier molecular flexibility index (Phi) is 6.88. The van der Waals surface area contributed by atoms with Gasteiger partial charge >= 0.3 is 18.0 Å². The van der Waals surface area contributed by atoms with Gasteiger partial charge in [-0.3, -0.25) is 14.5 Å². The minimum absolute atomic E-state index is 0.00342. The topological polar surface area (TPSA) is 170 Å². The Morgan fingerprint density at radius 1 is 1.10 bits per heavy atom. The highest BCUT2D eigenvalue weighted by Crippen LogP contribution is 2.50. The van der Waals surface area contributed by atoms with Crippen LogP contribution in [-0.4, -0.2) is 97.9 Å². The van der Waals surface area contributed by atoms with Gasteiger partial charge in [0.15, 0.2) is 0 Å². The Morgan fingerprint density at radius 3 is 2.38 bits per heavy atom. The highest BCUT2D eigenvalue weighted by molar-refractivity contribution is 8.04. The van der Waals surface area contributed by atoms with Crippen molar-refractivity contribution in [3.63, 3.8) is 0 Å². The number of hydrogen-bond acceptors (Lipinski definition) is 9. The van der Waals surface area contributed by atoms with E-state index >= 15 is 4.39 Å². The smallest absolute Gasteiger partial charge is 0.410 e. The highest BCUT2D eigenvalue weighted by atomic mass is 32.2. The van der Waals surface area contributed by atoms with Gasteiger partial charge in [-0.15, -0.1) is 0 Å². The summed E-state index contributed by atoms with van der Waals surface area (Å²) in [6, 6.07) is 2.66. The van der Waals surface area contributed by atoms with Crippen molar-refractivity contribution >= 4 is 52.3 Å². The number of aliphatic hydroxyl groups excluding tert-OH is 1. The number of nitrogens with zero attached hydrogens (tertiary/aromatic N) is 4. The van der Waals surface area contributed by atoms with E-state index in [0.29, 0.717) is 5.52 Å². The molecule has 2 aromatic rings. The van der Waals surface area contributed by atoms with Crippen LogP contribution in [0.3, 0.4) is 0 Å². The first kappa shape index (κ1) is 28.0. The molecular formula is C27H27FN4O9S. The van der Waals surface area contributed by atoms with E-state index in [0.717, 1.165) is 35.6 Å². The molecule has 0 bridgehead atoms. The van der Waals surface area contributed by atoms with Crippen LogP contribution >= 0.6 is 11.8 Å². The van der Waals surface area contributed by atoms with E-state index in [1.54, 1.807) is 15.5 Å². The maximum Gasteiger partial charge on any atom is 0.410 e. The van der Waals surface area contributed by atoms with Gasteiger partial charge in [0, 0.05) is 43.8 Å². The summed E-state index contributed by atoms with van der Waals surface area (Å²) in [5, 5.41) is 28.4. The van der Waals surface area contributed by atoms with Crippen LogP contribution in [0.25, 0.3) is 10.9 Å². The zero-order valence-electron chi connectivity index (χ0n) is 22.4. The van der Waals surface area contributed by atoms with Crippen LogP contribution in [0.1, 0.15) is 36.2 Å². The van der Waals surface area contributed by atoms with Gasteiger partial charge in [-0.1, -0.05) is 11.8 Å². The molecule has 4 aliphatic rings. The van der Waals surface area contributed by atoms with Crippen LogP contribution in [0, 0.1) is 11.7 Å². The number of fused-ring (bicyclic) bond motifs is 2. The molecule has 3 fully saturated rings. The van der Waals surface area contributed by atoms with E-state index < -0.39 is 58.1 Å². The zero-order valence-corrected chi connectivity index (χ0v) is 23.2. The predicted molar refractivity (Wildman–Crippen MR) is 147 cm³/mol. The number of hydrogen-bond donors (Lipinski definition) is 3. The average Bonchev–Trinajstić information content (AvgIpc) is 3.73. The number of amides is 2. The molecule has 4 heterocycles. The largest absolute Gasteiger partial charge is 0.477 e. The van der Waals surface area contributed by atoms with E-state index in [2.05, 4.69) is 0 Å². The number of aromatic carboxylic acids is 1. The fourth-order valence-electron chi connectivity index (χ4n) is 5.71. The molecule has 6 rings (SSSR count). The molecule has 2 saturated heterocycles. The van der Waals surface area contributed by atoms with Gasteiger partial charge in [0.2, 0.25) is 11.3 Å². The number of carbonyl (C=O) groups is 4. The minimum atomic E-state index is -1.37. The van der Waals surface area contributed by atoms with Gasteiger partial charge in [-0.25, -0.2) is 18.8 Å². The molecule has 42 heavy (non-hydrogen) atoms. The summed E-state index contributed by atoms with van der Waals surface area (Å²) in [7, 11) is 0. The van der Waals surface area contributed by atoms with Crippen LogP contribution < -0.4 is 10.3 Å². The first-order valence-corrected chi connectivity index (χ1v) is 14.3. The summed E-state index contributed by atoms with van der Waals surface area (Å²) < 4.78 is 22.4. The minimum Gasteiger partial charge on any atom is -0.477 e. The second-order valence-electron chi connectivity index (χ2n) is 10.7. The van der Waals surface area contributed by atoms with Crippen LogP contribution in [-0.2, 0) is 14.3 Å². The monoisotopic (exact) mass is 602 g/mol. The number of anilines is 1. The molecule has 2 amide bonds. The van der Waals surface area contributed by atoms with Gasteiger partial charge in [0.1, 0.15) is 29.1 Å². The molecule has 0 radical (unpaired) electrons.